The van der Waals surface area contributed by atoms with Crippen LogP contribution in [0.3, 0.4) is 0 Å². The highest BCUT2D eigenvalue weighted by atomic mass is 32.1. The number of piperidine rings is 1. The van der Waals surface area contributed by atoms with Gasteiger partial charge in [0.15, 0.2) is 0 Å². The van der Waals surface area contributed by atoms with Crippen LogP contribution < -0.4 is 5.32 Å². The maximum Gasteiger partial charge on any atom is 0.125 e. The summed E-state index contributed by atoms with van der Waals surface area (Å²) in [4.78, 5) is 11.6. The molecule has 1 aliphatic carbocycles. The fourth-order valence-corrected chi connectivity index (χ4v) is 4.81. The second-order valence-corrected chi connectivity index (χ2v) is 7.65. The quantitative estimate of drug-likeness (QED) is 0.478. The largest absolute Gasteiger partial charge is 0.500 e. The van der Waals surface area contributed by atoms with E-state index in [9.17, 15) is 4.79 Å². The Morgan fingerprint density at radius 2 is 2.10 bits per heavy atom. The highest BCUT2D eigenvalue weighted by Gasteiger charge is 2.65. The van der Waals surface area contributed by atoms with E-state index in [1.165, 1.54) is 5.57 Å². The van der Waals surface area contributed by atoms with Crippen LogP contribution in [0, 0.1) is 17.3 Å². The van der Waals surface area contributed by atoms with Crippen molar-refractivity contribution < 1.29 is 9.53 Å². The van der Waals surface area contributed by atoms with Crippen LogP contribution in [0.2, 0.25) is 0 Å². The Morgan fingerprint density at radius 3 is 2.60 bits per heavy atom. The molecule has 1 saturated carbocycles. The van der Waals surface area contributed by atoms with Gasteiger partial charge >= 0.3 is 0 Å². The maximum atomic E-state index is 11.6. The predicted molar refractivity (Wildman–Crippen MR) is 84.9 cm³/mol. The van der Waals surface area contributed by atoms with Crippen LogP contribution in [0.4, 0.5) is 0 Å². The molecule has 1 aliphatic heterocycles. The smallest absolute Gasteiger partial charge is 0.125 e. The molecule has 114 valence electrons. The molecule has 0 spiro atoms. The van der Waals surface area contributed by atoms with Crippen LogP contribution in [-0.4, -0.2) is 30.7 Å². The first kappa shape index (κ1) is 15.9. The molecule has 1 saturated heterocycles. The van der Waals surface area contributed by atoms with E-state index in [4.69, 9.17) is 17.4 Å². The van der Waals surface area contributed by atoms with Crippen molar-refractivity contribution in [3.63, 3.8) is 0 Å². The molecular formula is C16H27NO2S. The van der Waals surface area contributed by atoms with Gasteiger partial charge in [-0.3, -0.25) is 0 Å². The van der Waals surface area contributed by atoms with Crippen molar-refractivity contribution in [2.45, 2.75) is 51.3 Å². The molecule has 4 heteroatoms. The normalized spacial score (nSPS) is 47.4. The number of hydrogen-bond acceptors (Lipinski definition) is 4. The first-order valence-corrected chi connectivity index (χ1v) is 7.95. The van der Waals surface area contributed by atoms with Crippen molar-refractivity contribution >= 4 is 18.9 Å². The lowest BCUT2D eigenvalue weighted by atomic mass is 9.47. The van der Waals surface area contributed by atoms with Gasteiger partial charge < -0.3 is 14.8 Å². The second-order valence-electron chi connectivity index (χ2n) is 6.68. The molecule has 2 aliphatic rings. The van der Waals surface area contributed by atoms with Crippen molar-refractivity contribution in [1.29, 1.82) is 0 Å². The van der Waals surface area contributed by atoms with Crippen molar-refractivity contribution in [3.8, 4) is 0 Å². The van der Waals surface area contributed by atoms with Crippen molar-refractivity contribution in [3.05, 3.63) is 11.3 Å². The number of carbonyl (C=O) groups is 1. The first-order chi connectivity index (χ1) is 9.31. The lowest BCUT2D eigenvalue weighted by Gasteiger charge is -2.62. The molecule has 0 aromatic rings. The van der Waals surface area contributed by atoms with Gasteiger partial charge in [-0.05, 0) is 44.7 Å². The summed E-state index contributed by atoms with van der Waals surface area (Å²) in [5.74, 6) is 1.20. The topological polar surface area (TPSA) is 38.3 Å². The SMILES string of the molecule is CO/C(=C1\CCCNC1C)C1(C)[C@H](C)[C@@](C)(S)[C@H]1C=O. The number of nitrogens with one attached hydrogen (secondary N) is 1. The molecule has 2 fully saturated rings. The van der Waals surface area contributed by atoms with Gasteiger partial charge in [0.05, 0.1) is 7.11 Å². The third-order valence-electron chi connectivity index (χ3n) is 5.77. The van der Waals surface area contributed by atoms with E-state index in [1.807, 2.05) is 0 Å². The number of methoxy groups -OCH3 is 1. The minimum Gasteiger partial charge on any atom is -0.500 e. The predicted octanol–water partition coefficient (Wildman–Crippen LogP) is 2.82. The Kier molecular flexibility index (Phi) is 4.27. The van der Waals surface area contributed by atoms with Gasteiger partial charge in [-0.25, -0.2) is 0 Å². The third kappa shape index (κ3) is 2.03. The van der Waals surface area contributed by atoms with Gasteiger partial charge in [0.2, 0.25) is 0 Å². The van der Waals surface area contributed by atoms with E-state index in [1.54, 1.807) is 7.11 Å². The van der Waals surface area contributed by atoms with Crippen LogP contribution in [0.1, 0.15) is 40.5 Å². The van der Waals surface area contributed by atoms with Gasteiger partial charge in [0.1, 0.15) is 12.0 Å². The van der Waals surface area contributed by atoms with Crippen molar-refractivity contribution in [2.24, 2.45) is 17.3 Å². The number of carbonyl (C=O) groups excluding carboxylic acids is 1. The molecule has 0 bridgehead atoms. The van der Waals surface area contributed by atoms with Crippen LogP contribution in [0.25, 0.3) is 0 Å². The highest BCUT2D eigenvalue weighted by molar-refractivity contribution is 7.82. The zero-order valence-corrected chi connectivity index (χ0v) is 14.1. The van der Waals surface area contributed by atoms with E-state index in [-0.39, 0.29) is 16.1 Å². The summed E-state index contributed by atoms with van der Waals surface area (Å²) >= 11 is 4.72. The molecule has 0 aromatic heterocycles. The van der Waals surface area contributed by atoms with Gasteiger partial charge in [-0.2, -0.15) is 12.6 Å². The Balaban J connectivity index is 2.45. The van der Waals surface area contributed by atoms with E-state index in [0.717, 1.165) is 31.4 Å². The average Bonchev–Trinajstić information content (AvgIpc) is 2.41. The monoisotopic (exact) mass is 297 g/mol. The average molecular weight is 297 g/mol. The van der Waals surface area contributed by atoms with E-state index in [2.05, 4.69) is 33.0 Å². The van der Waals surface area contributed by atoms with Crippen molar-refractivity contribution in [2.75, 3.05) is 13.7 Å². The van der Waals surface area contributed by atoms with E-state index in [0.29, 0.717) is 12.0 Å². The fraction of sp³-hybridized carbons (Fsp3) is 0.812. The van der Waals surface area contributed by atoms with Crippen LogP contribution >= 0.6 is 12.6 Å². The molecular weight excluding hydrogens is 270 g/mol. The van der Waals surface area contributed by atoms with Crippen molar-refractivity contribution in [1.82, 2.24) is 5.32 Å². The van der Waals surface area contributed by atoms with Crippen LogP contribution in [0.5, 0.6) is 0 Å². The minimum absolute atomic E-state index is 0.107. The standard InChI is InChI=1S/C16H27NO2S/c1-10-12(7-6-8-17-10)14(19-5)15(3)11(2)16(4,20)13(15)9-18/h9-11,13,17,20H,6-8H2,1-5H3/b14-12+/t10?,11-,13-,15?,16+/m0/s1. The summed E-state index contributed by atoms with van der Waals surface area (Å²) in [5, 5.41) is 3.49. The Hall–Kier alpha value is -0.480. The van der Waals surface area contributed by atoms with Gasteiger partial charge in [-0.15, -0.1) is 0 Å². The number of thiol groups is 1. The van der Waals surface area contributed by atoms with E-state index < -0.39 is 0 Å². The molecule has 1 N–H and O–H groups in total. The van der Waals surface area contributed by atoms with Crippen LogP contribution in [0.15, 0.2) is 11.3 Å². The summed E-state index contributed by atoms with van der Waals surface area (Å²) in [6.45, 7) is 9.61. The highest BCUT2D eigenvalue weighted by Crippen LogP contribution is 2.64. The van der Waals surface area contributed by atoms with Crippen LogP contribution in [-0.2, 0) is 9.53 Å². The first-order valence-electron chi connectivity index (χ1n) is 7.50. The third-order valence-corrected chi connectivity index (χ3v) is 6.43. The molecule has 2 rings (SSSR count). The van der Waals surface area contributed by atoms with Gasteiger partial charge in [0.25, 0.3) is 0 Å². The molecule has 20 heavy (non-hydrogen) atoms. The zero-order chi connectivity index (χ0) is 15.1. The minimum atomic E-state index is -0.258. The van der Waals surface area contributed by atoms with E-state index >= 15 is 0 Å². The zero-order valence-electron chi connectivity index (χ0n) is 13.2. The number of aldehydes is 1. The lowest BCUT2D eigenvalue weighted by molar-refractivity contribution is -0.132. The van der Waals surface area contributed by atoms with Gasteiger partial charge in [-0.1, -0.05) is 13.8 Å². The number of rotatable bonds is 3. The summed E-state index contributed by atoms with van der Waals surface area (Å²) in [5.41, 5.74) is 1.08. The Labute approximate surface area is 127 Å². The summed E-state index contributed by atoms with van der Waals surface area (Å²) < 4.78 is 5.55. The lowest BCUT2D eigenvalue weighted by Crippen LogP contribution is -2.65. The fourth-order valence-electron chi connectivity index (χ4n) is 4.22. The number of allylic oxidation sites excluding steroid dienone is 1. The molecule has 0 aromatic carbocycles. The number of ether oxygens (including phenoxy) is 1. The number of hydrogen-bond donors (Lipinski definition) is 2. The Morgan fingerprint density at radius 1 is 1.45 bits per heavy atom. The summed E-state index contributed by atoms with van der Waals surface area (Å²) in [7, 11) is 1.73. The molecule has 2 unspecified atom stereocenters. The molecule has 5 atom stereocenters. The summed E-state index contributed by atoms with van der Waals surface area (Å²) in [6.07, 6.45) is 3.24. The molecule has 3 nitrogen and oxygen atoms in total. The molecule has 0 amide bonds. The second kappa shape index (κ2) is 5.38. The molecule has 0 radical (unpaired) electrons. The maximum absolute atomic E-state index is 11.6. The summed E-state index contributed by atoms with van der Waals surface area (Å²) in [6, 6.07) is 0.321. The van der Waals surface area contributed by atoms with Gasteiger partial charge in [0, 0.05) is 22.1 Å². The molecule has 1 heterocycles. The Bertz CT molecular complexity index is 432.